The maximum Gasteiger partial charge on any atom is 0.307 e. The van der Waals surface area contributed by atoms with Gasteiger partial charge in [-0.3, -0.25) is 9.59 Å². The van der Waals surface area contributed by atoms with Crippen molar-refractivity contribution in [1.29, 1.82) is 0 Å². The van der Waals surface area contributed by atoms with Gasteiger partial charge >= 0.3 is 5.97 Å². The van der Waals surface area contributed by atoms with Gasteiger partial charge in [0.2, 0.25) is 5.91 Å². The van der Waals surface area contributed by atoms with Crippen molar-refractivity contribution in [1.82, 2.24) is 16.0 Å². The first-order valence-corrected chi connectivity index (χ1v) is 13.5. The van der Waals surface area contributed by atoms with Gasteiger partial charge in [0.1, 0.15) is 31.0 Å². The predicted octanol–water partition coefficient (Wildman–Crippen LogP) is -2.75. The monoisotopic (exact) mass is 565 g/mol. The molecule has 0 aromatic heterocycles. The summed E-state index contributed by atoms with van der Waals surface area (Å²) in [6, 6.07) is -1.64. The van der Waals surface area contributed by atoms with E-state index in [1.807, 2.05) is 6.92 Å². The van der Waals surface area contributed by atoms with Crippen LogP contribution in [0.25, 0.3) is 0 Å². The standard InChI is InChI=1S/C25H47N3O11/c1-13(26-7-6-19(32)36-9-8-35-5)10-27-20-15(3)37-18(12-30)24(23(20)34)39-25-21(28-16(4)31)22(33)14(2)17(11-29)38-25/h13-15,17-18,20-27,29-30,33-34H,6-12H2,1-5H3,(H,28,31)/t13?,14-,15+,17?,18?,20-,21+,22?,23?,24-,25+/m1/s1. The third-order valence-corrected chi connectivity index (χ3v) is 7.11. The molecule has 2 aliphatic rings. The smallest absolute Gasteiger partial charge is 0.307 e. The Labute approximate surface area is 229 Å². The molecule has 1 amide bonds. The Bertz CT molecular complexity index is 748. The highest BCUT2D eigenvalue weighted by molar-refractivity contribution is 5.73. The number of methoxy groups -OCH3 is 1. The van der Waals surface area contributed by atoms with E-state index >= 15 is 0 Å². The number of aliphatic hydroxyl groups excluding tert-OH is 4. The lowest BCUT2D eigenvalue weighted by molar-refractivity contribution is -0.306. The van der Waals surface area contributed by atoms with E-state index in [-0.39, 0.29) is 31.6 Å². The molecule has 228 valence electrons. The second kappa shape index (κ2) is 16.7. The first kappa shape index (κ1) is 33.7. The quantitative estimate of drug-likeness (QED) is 0.0797. The lowest BCUT2D eigenvalue weighted by atomic mass is 9.88. The van der Waals surface area contributed by atoms with E-state index in [2.05, 4.69) is 16.0 Å². The maximum absolute atomic E-state index is 11.8. The van der Waals surface area contributed by atoms with Crippen molar-refractivity contribution in [3.05, 3.63) is 0 Å². The molecule has 0 spiro atoms. The zero-order chi connectivity index (χ0) is 29.1. The molecule has 0 bridgehead atoms. The number of hydrogen-bond acceptors (Lipinski definition) is 13. The second-order valence-corrected chi connectivity index (χ2v) is 10.2. The van der Waals surface area contributed by atoms with Crippen molar-refractivity contribution in [2.45, 2.75) is 95.2 Å². The molecule has 14 heteroatoms. The molecular formula is C25H47N3O11. The van der Waals surface area contributed by atoms with Gasteiger partial charge in [0.05, 0.1) is 50.6 Å². The summed E-state index contributed by atoms with van der Waals surface area (Å²) in [6.07, 6.45) is -6.49. The minimum Gasteiger partial charge on any atom is -0.463 e. The van der Waals surface area contributed by atoms with E-state index in [9.17, 15) is 30.0 Å². The molecule has 39 heavy (non-hydrogen) atoms. The number of amides is 1. The lowest BCUT2D eigenvalue weighted by Crippen LogP contribution is -2.67. The van der Waals surface area contributed by atoms with E-state index in [0.717, 1.165) is 0 Å². The van der Waals surface area contributed by atoms with Gasteiger partial charge in [-0.1, -0.05) is 6.92 Å². The summed E-state index contributed by atoms with van der Waals surface area (Å²) in [5.41, 5.74) is 0. The average molecular weight is 566 g/mol. The summed E-state index contributed by atoms with van der Waals surface area (Å²) in [5, 5.41) is 50.8. The zero-order valence-corrected chi connectivity index (χ0v) is 23.4. The molecule has 2 rings (SSSR count). The van der Waals surface area contributed by atoms with E-state index < -0.39 is 73.4 Å². The SMILES string of the molecule is COCCOC(=O)CCNC(C)CN[C@H]1C(O)[C@H](O[C@@H]2OC(CO)[C@@H](C)C(O)[C@@H]2NC(C)=O)C(CO)O[C@H]1C. The Morgan fingerprint density at radius 2 is 1.69 bits per heavy atom. The number of esters is 1. The molecule has 7 N–H and O–H groups in total. The fraction of sp³-hybridized carbons (Fsp3) is 0.920. The average Bonchev–Trinajstić information content (AvgIpc) is 2.89. The van der Waals surface area contributed by atoms with Crippen LogP contribution >= 0.6 is 0 Å². The van der Waals surface area contributed by atoms with Crippen LogP contribution in [0, 0.1) is 5.92 Å². The number of hydrogen-bond donors (Lipinski definition) is 7. The number of nitrogens with one attached hydrogen (secondary N) is 3. The molecule has 0 radical (unpaired) electrons. The molecule has 14 nitrogen and oxygen atoms in total. The van der Waals surface area contributed by atoms with Crippen LogP contribution < -0.4 is 16.0 Å². The van der Waals surface area contributed by atoms with E-state index in [1.54, 1.807) is 13.8 Å². The van der Waals surface area contributed by atoms with Crippen LogP contribution in [0.15, 0.2) is 0 Å². The van der Waals surface area contributed by atoms with Gasteiger partial charge in [0.15, 0.2) is 6.29 Å². The Hall–Kier alpha value is -1.46. The molecule has 0 saturated carbocycles. The number of carbonyl (C=O) groups is 2. The number of rotatable bonds is 15. The molecular weight excluding hydrogens is 518 g/mol. The first-order chi connectivity index (χ1) is 18.5. The van der Waals surface area contributed by atoms with Gasteiger partial charge in [-0.15, -0.1) is 0 Å². The Balaban J connectivity index is 2.00. The van der Waals surface area contributed by atoms with Crippen LogP contribution in [-0.4, -0.2) is 140 Å². The third-order valence-electron chi connectivity index (χ3n) is 7.11. The Kier molecular flexibility index (Phi) is 14.5. The van der Waals surface area contributed by atoms with E-state index in [4.69, 9.17) is 23.7 Å². The van der Waals surface area contributed by atoms with Gasteiger partial charge in [-0.25, -0.2) is 0 Å². The van der Waals surface area contributed by atoms with Crippen LogP contribution in [0.5, 0.6) is 0 Å². The highest BCUT2D eigenvalue weighted by atomic mass is 16.7. The van der Waals surface area contributed by atoms with Gasteiger partial charge in [0, 0.05) is 39.1 Å². The summed E-state index contributed by atoms with van der Waals surface area (Å²) in [7, 11) is 1.53. The molecule has 2 fully saturated rings. The Morgan fingerprint density at radius 3 is 2.31 bits per heavy atom. The molecule has 2 saturated heterocycles. The number of ether oxygens (including phenoxy) is 5. The highest BCUT2D eigenvalue weighted by Crippen LogP contribution is 2.31. The summed E-state index contributed by atoms with van der Waals surface area (Å²) in [5.74, 6) is -1.24. The van der Waals surface area contributed by atoms with Crippen molar-refractivity contribution in [3.63, 3.8) is 0 Å². The second-order valence-electron chi connectivity index (χ2n) is 10.2. The Morgan fingerprint density at radius 1 is 1.00 bits per heavy atom. The number of aliphatic hydroxyl groups is 4. The summed E-state index contributed by atoms with van der Waals surface area (Å²) in [6.45, 7) is 7.20. The molecule has 0 aromatic rings. The molecule has 5 unspecified atom stereocenters. The van der Waals surface area contributed by atoms with Crippen molar-refractivity contribution in [3.8, 4) is 0 Å². The van der Waals surface area contributed by atoms with Crippen molar-refractivity contribution in [2.75, 3.05) is 46.6 Å². The minimum absolute atomic E-state index is 0.0705. The van der Waals surface area contributed by atoms with Crippen LogP contribution in [0.1, 0.15) is 34.1 Å². The van der Waals surface area contributed by atoms with Crippen LogP contribution in [0.3, 0.4) is 0 Å². The van der Waals surface area contributed by atoms with Crippen LogP contribution in [-0.2, 0) is 33.3 Å². The summed E-state index contributed by atoms with van der Waals surface area (Å²) in [4.78, 5) is 23.5. The predicted molar refractivity (Wildman–Crippen MR) is 138 cm³/mol. The fourth-order valence-electron chi connectivity index (χ4n) is 4.82. The van der Waals surface area contributed by atoms with Crippen LogP contribution in [0.2, 0.25) is 0 Å². The van der Waals surface area contributed by atoms with Gasteiger partial charge in [-0.05, 0) is 13.8 Å². The van der Waals surface area contributed by atoms with Crippen molar-refractivity contribution < 1.29 is 53.7 Å². The normalized spacial score (nSPS) is 35.8. The minimum atomic E-state index is -1.21. The fourth-order valence-corrected chi connectivity index (χ4v) is 4.82. The highest BCUT2D eigenvalue weighted by Gasteiger charge is 2.49. The molecule has 0 aromatic carbocycles. The number of carbonyl (C=O) groups excluding carboxylic acids is 2. The van der Waals surface area contributed by atoms with E-state index in [1.165, 1.54) is 14.0 Å². The maximum atomic E-state index is 11.8. The summed E-state index contributed by atoms with van der Waals surface area (Å²) >= 11 is 0. The topological polar surface area (TPSA) is 197 Å². The zero-order valence-electron chi connectivity index (χ0n) is 23.4. The van der Waals surface area contributed by atoms with Gasteiger partial charge in [-0.2, -0.15) is 0 Å². The molecule has 2 heterocycles. The molecule has 0 aliphatic carbocycles. The van der Waals surface area contributed by atoms with E-state index in [0.29, 0.717) is 19.7 Å². The largest absolute Gasteiger partial charge is 0.463 e. The van der Waals surface area contributed by atoms with Gasteiger partial charge in [0.25, 0.3) is 0 Å². The van der Waals surface area contributed by atoms with Gasteiger partial charge < -0.3 is 60.1 Å². The van der Waals surface area contributed by atoms with Crippen LogP contribution in [0.4, 0.5) is 0 Å². The lowest BCUT2D eigenvalue weighted by Gasteiger charge is -2.48. The van der Waals surface area contributed by atoms with Crippen molar-refractivity contribution >= 4 is 11.9 Å². The first-order valence-electron chi connectivity index (χ1n) is 13.5. The summed E-state index contributed by atoms with van der Waals surface area (Å²) < 4.78 is 27.7. The van der Waals surface area contributed by atoms with Crippen molar-refractivity contribution in [2.24, 2.45) is 5.92 Å². The third kappa shape index (κ3) is 9.85. The molecule has 2 aliphatic heterocycles. The molecule has 11 atom stereocenters.